The fraction of sp³-hybridized carbons (Fsp3) is 0.0667. The van der Waals surface area contributed by atoms with E-state index < -0.39 is 10.8 Å². The summed E-state index contributed by atoms with van der Waals surface area (Å²) in [7, 11) is 1.53. The second-order valence-corrected chi connectivity index (χ2v) is 5.56. The Hall–Kier alpha value is -2.49. The zero-order valence-corrected chi connectivity index (χ0v) is 14.2. The monoisotopic (exact) mass is 425 g/mol. The molecule has 0 saturated heterocycles. The van der Waals surface area contributed by atoms with Gasteiger partial charge in [0.25, 0.3) is 11.6 Å². The van der Waals surface area contributed by atoms with Gasteiger partial charge in [-0.1, -0.05) is 12.1 Å². The summed E-state index contributed by atoms with van der Waals surface area (Å²) >= 11 is 2.10. The minimum Gasteiger partial charge on any atom is -0.496 e. The molecule has 23 heavy (non-hydrogen) atoms. The van der Waals surface area contributed by atoms with Crippen LogP contribution in [0.25, 0.3) is 0 Å². The number of carbonyl (C=O) groups is 1. The molecule has 0 spiro atoms. The fourth-order valence-electron chi connectivity index (χ4n) is 1.75. The summed E-state index contributed by atoms with van der Waals surface area (Å²) in [6, 6.07) is 11.0. The third kappa shape index (κ3) is 4.49. The first-order chi connectivity index (χ1) is 11.0. The number of nitrogens with zero attached hydrogens (tertiary/aromatic N) is 2. The van der Waals surface area contributed by atoms with Crippen LogP contribution in [0.4, 0.5) is 5.69 Å². The third-order valence-electron chi connectivity index (χ3n) is 2.87. The lowest BCUT2D eigenvalue weighted by Gasteiger charge is -2.05. The van der Waals surface area contributed by atoms with Gasteiger partial charge in [0.2, 0.25) is 0 Å². The molecule has 0 radical (unpaired) electrons. The number of rotatable bonds is 5. The van der Waals surface area contributed by atoms with E-state index in [2.05, 4.69) is 33.1 Å². The smallest absolute Gasteiger partial charge is 0.271 e. The predicted octanol–water partition coefficient (Wildman–Crippen LogP) is 2.97. The Bertz CT molecular complexity index is 777. The molecule has 0 fully saturated rings. The van der Waals surface area contributed by atoms with Crippen LogP contribution in [-0.2, 0) is 0 Å². The molecule has 2 aromatic rings. The van der Waals surface area contributed by atoms with Gasteiger partial charge in [-0.25, -0.2) is 5.43 Å². The predicted molar refractivity (Wildman–Crippen MR) is 93.9 cm³/mol. The van der Waals surface area contributed by atoms with Crippen LogP contribution in [-0.4, -0.2) is 24.2 Å². The second kappa shape index (κ2) is 7.68. The van der Waals surface area contributed by atoms with E-state index in [9.17, 15) is 14.9 Å². The van der Waals surface area contributed by atoms with Gasteiger partial charge in [-0.2, -0.15) is 5.10 Å². The van der Waals surface area contributed by atoms with Crippen LogP contribution in [0.3, 0.4) is 0 Å². The molecule has 2 rings (SSSR count). The quantitative estimate of drug-likeness (QED) is 0.345. The summed E-state index contributed by atoms with van der Waals surface area (Å²) in [5.41, 5.74) is 3.25. The van der Waals surface area contributed by atoms with E-state index in [1.807, 2.05) is 0 Å². The highest BCUT2D eigenvalue weighted by molar-refractivity contribution is 14.1. The number of hydrogen-bond donors (Lipinski definition) is 1. The number of halogens is 1. The van der Waals surface area contributed by atoms with Crippen molar-refractivity contribution < 1.29 is 14.5 Å². The lowest BCUT2D eigenvalue weighted by Crippen LogP contribution is -2.17. The van der Waals surface area contributed by atoms with E-state index in [0.717, 1.165) is 3.57 Å². The van der Waals surface area contributed by atoms with Gasteiger partial charge in [-0.05, 0) is 40.8 Å². The minimum atomic E-state index is -0.492. The molecular weight excluding hydrogens is 413 g/mol. The van der Waals surface area contributed by atoms with Crippen molar-refractivity contribution >= 4 is 40.4 Å². The van der Waals surface area contributed by atoms with Gasteiger partial charge < -0.3 is 4.74 Å². The number of methoxy groups -OCH3 is 1. The van der Waals surface area contributed by atoms with Crippen molar-refractivity contribution in [3.05, 3.63) is 67.3 Å². The van der Waals surface area contributed by atoms with Crippen LogP contribution in [0.5, 0.6) is 5.75 Å². The highest BCUT2D eigenvalue weighted by Gasteiger charge is 2.08. The van der Waals surface area contributed by atoms with Gasteiger partial charge in [-0.15, -0.1) is 0 Å². The highest BCUT2D eigenvalue weighted by Crippen LogP contribution is 2.21. The molecular formula is C15H12IN3O4. The number of carbonyl (C=O) groups excluding carboxylic acids is 1. The normalized spacial score (nSPS) is 10.5. The highest BCUT2D eigenvalue weighted by atomic mass is 127. The van der Waals surface area contributed by atoms with Crippen molar-refractivity contribution in [2.24, 2.45) is 5.10 Å². The molecule has 0 atom stereocenters. The maximum atomic E-state index is 12.0. The maximum absolute atomic E-state index is 12.0. The summed E-state index contributed by atoms with van der Waals surface area (Å²) in [6.07, 6.45) is 1.34. The van der Waals surface area contributed by atoms with E-state index in [-0.39, 0.29) is 5.69 Å². The summed E-state index contributed by atoms with van der Waals surface area (Å²) in [5.74, 6) is 0.197. The number of hydrazone groups is 1. The lowest BCUT2D eigenvalue weighted by atomic mass is 10.2. The van der Waals surface area contributed by atoms with Crippen molar-refractivity contribution in [1.82, 2.24) is 5.43 Å². The van der Waals surface area contributed by atoms with Crippen molar-refractivity contribution in [2.45, 2.75) is 0 Å². The molecule has 118 valence electrons. The Morgan fingerprint density at radius 1 is 1.35 bits per heavy atom. The second-order valence-electron chi connectivity index (χ2n) is 4.40. The van der Waals surface area contributed by atoms with Crippen LogP contribution in [0.15, 0.2) is 47.6 Å². The number of non-ortho nitro benzene ring substituents is 1. The number of hydrogen-bond acceptors (Lipinski definition) is 5. The van der Waals surface area contributed by atoms with E-state index in [4.69, 9.17) is 4.74 Å². The van der Waals surface area contributed by atoms with Gasteiger partial charge in [0.05, 0.1) is 21.8 Å². The Balaban J connectivity index is 2.06. The molecule has 8 heteroatoms. The molecule has 0 unspecified atom stereocenters. The van der Waals surface area contributed by atoms with E-state index in [1.165, 1.54) is 25.5 Å². The number of nitrogens with one attached hydrogen (secondary N) is 1. The van der Waals surface area contributed by atoms with Crippen LogP contribution in [0.2, 0.25) is 0 Å². The Morgan fingerprint density at radius 3 is 2.83 bits per heavy atom. The maximum Gasteiger partial charge on any atom is 0.271 e. The van der Waals surface area contributed by atoms with Crippen molar-refractivity contribution in [3.8, 4) is 5.75 Å². The van der Waals surface area contributed by atoms with Gasteiger partial charge in [0, 0.05) is 23.3 Å². The first kappa shape index (κ1) is 16.9. The number of nitro groups is 1. The molecule has 7 nitrogen and oxygen atoms in total. The summed E-state index contributed by atoms with van der Waals surface area (Å²) in [4.78, 5) is 22.2. The van der Waals surface area contributed by atoms with Crippen molar-refractivity contribution in [1.29, 1.82) is 0 Å². The van der Waals surface area contributed by atoms with E-state index >= 15 is 0 Å². The summed E-state index contributed by atoms with van der Waals surface area (Å²) < 4.78 is 6.05. The Morgan fingerprint density at radius 2 is 2.13 bits per heavy atom. The lowest BCUT2D eigenvalue weighted by molar-refractivity contribution is -0.384. The molecule has 0 saturated carbocycles. The number of benzene rings is 2. The average Bonchev–Trinajstić information content (AvgIpc) is 2.55. The molecule has 0 aliphatic rings. The van der Waals surface area contributed by atoms with Gasteiger partial charge in [0.1, 0.15) is 5.75 Å². The third-order valence-corrected chi connectivity index (χ3v) is 3.77. The molecule has 1 N–H and O–H groups in total. The minimum absolute atomic E-state index is 0.0392. The topological polar surface area (TPSA) is 93.8 Å². The fourth-order valence-corrected chi connectivity index (χ4v) is 2.31. The largest absolute Gasteiger partial charge is 0.496 e. The van der Waals surface area contributed by atoms with E-state index in [1.54, 1.807) is 30.3 Å². The number of amides is 1. The first-order valence-corrected chi connectivity index (χ1v) is 7.50. The van der Waals surface area contributed by atoms with E-state index in [0.29, 0.717) is 16.9 Å². The molecule has 0 aliphatic carbocycles. The average molecular weight is 425 g/mol. The summed E-state index contributed by atoms with van der Waals surface area (Å²) in [5, 5.41) is 14.5. The van der Waals surface area contributed by atoms with Crippen molar-refractivity contribution in [2.75, 3.05) is 7.11 Å². The number of nitro benzene ring substituents is 1. The Kier molecular flexibility index (Phi) is 5.63. The molecule has 0 aliphatic heterocycles. The van der Waals surface area contributed by atoms with Crippen LogP contribution >= 0.6 is 22.6 Å². The van der Waals surface area contributed by atoms with Gasteiger partial charge >= 0.3 is 0 Å². The van der Waals surface area contributed by atoms with Gasteiger partial charge in [-0.3, -0.25) is 14.9 Å². The molecule has 0 bridgehead atoms. The molecule has 0 heterocycles. The zero-order valence-electron chi connectivity index (χ0n) is 12.0. The molecule has 0 aromatic heterocycles. The molecule has 2 aromatic carbocycles. The summed E-state index contributed by atoms with van der Waals surface area (Å²) in [6.45, 7) is 0. The van der Waals surface area contributed by atoms with Crippen LogP contribution < -0.4 is 10.2 Å². The first-order valence-electron chi connectivity index (χ1n) is 6.42. The molecule has 1 amide bonds. The van der Waals surface area contributed by atoms with Crippen molar-refractivity contribution in [3.63, 3.8) is 0 Å². The standard InChI is InChI=1S/C15H12IN3O4/c1-23-14-8-11(5-6-13(14)16)15(20)18-17-9-10-3-2-4-12(7-10)19(21)22/h2-9H,1H3,(H,18,20)/b17-9-. The Labute approximate surface area is 145 Å². The van der Waals surface area contributed by atoms with Gasteiger partial charge in [0.15, 0.2) is 0 Å². The van der Waals surface area contributed by atoms with Crippen LogP contribution in [0.1, 0.15) is 15.9 Å². The zero-order chi connectivity index (χ0) is 16.8. The number of ether oxygens (including phenoxy) is 1. The SMILES string of the molecule is COc1cc(C(=O)N/N=C\c2cccc([N+](=O)[O-])c2)ccc1I. The van der Waals surface area contributed by atoms with Crippen LogP contribution in [0, 0.1) is 13.7 Å².